The molecular weight excluding hydrogens is 212 g/mol. The van der Waals surface area contributed by atoms with Gasteiger partial charge in [-0.2, -0.15) is 8.42 Å². The maximum Gasteiger partial charge on any atom is 0.290 e. The Bertz CT molecular complexity index is 228. The van der Waals surface area contributed by atoms with Gasteiger partial charge in [0.15, 0.2) is 0 Å². The summed E-state index contributed by atoms with van der Waals surface area (Å²) >= 11 is 0. The quantitative estimate of drug-likeness (QED) is 0.590. The van der Waals surface area contributed by atoms with Crippen LogP contribution in [0, 0.1) is 0 Å². The lowest BCUT2D eigenvalue weighted by Crippen LogP contribution is -2.24. The maximum atomic E-state index is 10.4. The van der Waals surface area contributed by atoms with Gasteiger partial charge >= 0.3 is 0 Å². The van der Waals surface area contributed by atoms with Crippen LogP contribution in [-0.4, -0.2) is 15.0 Å². The van der Waals surface area contributed by atoms with Crippen molar-refractivity contribution in [2.24, 2.45) is 0 Å². The van der Waals surface area contributed by atoms with Crippen molar-refractivity contribution in [3.63, 3.8) is 0 Å². The van der Waals surface area contributed by atoms with Crippen LogP contribution in [0.4, 0.5) is 0 Å². The Morgan fingerprint density at radius 2 is 1.40 bits per heavy atom. The Morgan fingerprint density at radius 1 is 0.933 bits per heavy atom. The van der Waals surface area contributed by atoms with Crippen LogP contribution in [0.1, 0.15) is 58.3 Å². The van der Waals surface area contributed by atoms with Gasteiger partial charge in [-0.3, -0.25) is 0 Å². The van der Waals surface area contributed by atoms with Gasteiger partial charge in [0.05, 0.1) is 0 Å². The summed E-state index contributed by atoms with van der Waals surface area (Å²) in [6.45, 7) is 2.60. The molecule has 1 radical (unpaired) electrons. The van der Waals surface area contributed by atoms with Crippen LogP contribution in [-0.2, 0) is 10.2 Å². The van der Waals surface area contributed by atoms with E-state index in [4.69, 9.17) is 5.14 Å². The summed E-state index contributed by atoms with van der Waals surface area (Å²) < 4.78 is 23.0. The van der Waals surface area contributed by atoms with E-state index >= 15 is 0 Å². The number of nitrogens with one attached hydrogen (secondary N) is 2. The molecule has 4 nitrogen and oxygen atoms in total. The molecule has 15 heavy (non-hydrogen) atoms. The third-order valence-electron chi connectivity index (χ3n) is 2.32. The summed E-state index contributed by atoms with van der Waals surface area (Å²) in [7, 11) is -3.73. The molecule has 0 fully saturated rings. The largest absolute Gasteiger partial charge is 0.290 e. The second kappa shape index (κ2) is 9.12. The normalized spacial score (nSPS) is 11.9. The van der Waals surface area contributed by atoms with E-state index in [2.05, 4.69) is 11.6 Å². The molecule has 0 aliphatic carbocycles. The van der Waals surface area contributed by atoms with Gasteiger partial charge in [0.1, 0.15) is 0 Å². The standard InChI is InChI=1S/C10H23N2O2S/c1-2-3-4-5-6-7-8-9-10-12-15(11,13)14/h11-12H,2-10H2,1H3. The van der Waals surface area contributed by atoms with Gasteiger partial charge < -0.3 is 0 Å². The van der Waals surface area contributed by atoms with Crippen LogP contribution >= 0.6 is 0 Å². The SMILES string of the molecule is CCCCCCCCCCNS([NH])(=O)=O. The van der Waals surface area contributed by atoms with Gasteiger partial charge in [-0.1, -0.05) is 51.9 Å². The zero-order valence-electron chi connectivity index (χ0n) is 9.59. The summed E-state index contributed by atoms with van der Waals surface area (Å²) in [4.78, 5) is 0. The molecule has 0 spiro atoms. The Kier molecular flexibility index (Phi) is 9.04. The molecule has 0 aromatic carbocycles. The number of rotatable bonds is 10. The zero-order valence-corrected chi connectivity index (χ0v) is 10.4. The monoisotopic (exact) mass is 235 g/mol. The fourth-order valence-corrected chi connectivity index (χ4v) is 1.88. The fourth-order valence-electron chi connectivity index (χ4n) is 1.47. The molecule has 2 N–H and O–H groups in total. The molecular formula is C10H23N2O2S. The third kappa shape index (κ3) is 13.9. The average molecular weight is 235 g/mol. The van der Waals surface area contributed by atoms with Gasteiger partial charge in [-0.15, -0.1) is 5.14 Å². The van der Waals surface area contributed by atoms with Crippen molar-refractivity contribution in [3.05, 3.63) is 0 Å². The van der Waals surface area contributed by atoms with Crippen LogP contribution < -0.4 is 9.86 Å². The highest BCUT2D eigenvalue weighted by atomic mass is 32.2. The molecule has 91 valence electrons. The number of hydrogen-bond acceptors (Lipinski definition) is 2. The minimum absolute atomic E-state index is 0.404. The van der Waals surface area contributed by atoms with E-state index in [0.29, 0.717) is 6.54 Å². The lowest BCUT2D eigenvalue weighted by molar-refractivity contribution is 0.559. The van der Waals surface area contributed by atoms with Crippen LogP contribution in [0.25, 0.3) is 0 Å². The summed E-state index contributed by atoms with van der Waals surface area (Å²) in [5.74, 6) is 0. The second-order valence-electron chi connectivity index (χ2n) is 3.87. The second-order valence-corrected chi connectivity index (χ2v) is 5.17. The molecule has 0 atom stereocenters. The van der Waals surface area contributed by atoms with Crippen molar-refractivity contribution in [2.75, 3.05) is 6.54 Å². The molecule has 0 aliphatic rings. The van der Waals surface area contributed by atoms with Gasteiger partial charge in [-0.25, -0.2) is 4.72 Å². The van der Waals surface area contributed by atoms with E-state index in [0.717, 1.165) is 12.8 Å². The average Bonchev–Trinajstić information content (AvgIpc) is 2.14. The first-order valence-corrected chi connectivity index (χ1v) is 7.29. The van der Waals surface area contributed by atoms with Crippen molar-refractivity contribution < 1.29 is 8.42 Å². The Morgan fingerprint density at radius 3 is 1.87 bits per heavy atom. The van der Waals surface area contributed by atoms with E-state index in [1.165, 1.54) is 38.5 Å². The van der Waals surface area contributed by atoms with E-state index in [9.17, 15) is 8.42 Å². The summed E-state index contributed by atoms with van der Waals surface area (Å²) in [5, 5.41) is 6.59. The van der Waals surface area contributed by atoms with E-state index in [-0.39, 0.29) is 0 Å². The van der Waals surface area contributed by atoms with Crippen molar-refractivity contribution in [1.29, 1.82) is 0 Å². The predicted octanol–water partition coefficient (Wildman–Crippen LogP) is 2.24. The predicted molar refractivity (Wildman–Crippen MR) is 62.6 cm³/mol. The first-order valence-electron chi connectivity index (χ1n) is 5.80. The molecule has 0 rings (SSSR count). The first kappa shape index (κ1) is 14.9. The highest BCUT2D eigenvalue weighted by molar-refractivity contribution is 7.86. The molecule has 0 saturated heterocycles. The molecule has 0 aromatic heterocycles. The van der Waals surface area contributed by atoms with Crippen molar-refractivity contribution in [3.8, 4) is 0 Å². The molecule has 0 heterocycles. The van der Waals surface area contributed by atoms with Crippen molar-refractivity contribution in [2.45, 2.75) is 58.3 Å². The Hall–Kier alpha value is -0.130. The zero-order chi connectivity index (χ0) is 11.6. The van der Waals surface area contributed by atoms with Crippen LogP contribution in [0.5, 0.6) is 0 Å². The summed E-state index contributed by atoms with van der Waals surface area (Å²) in [5.41, 5.74) is 0. The van der Waals surface area contributed by atoms with Gasteiger partial charge in [0, 0.05) is 6.54 Å². The minimum atomic E-state index is -3.73. The first-order chi connectivity index (χ1) is 7.06. The van der Waals surface area contributed by atoms with E-state index in [1.807, 2.05) is 0 Å². The number of hydrogen-bond donors (Lipinski definition) is 1. The summed E-state index contributed by atoms with van der Waals surface area (Å²) in [6.07, 6.45) is 9.50. The molecule has 0 unspecified atom stereocenters. The Labute approximate surface area is 93.8 Å². The van der Waals surface area contributed by atoms with Crippen LogP contribution in [0.15, 0.2) is 0 Å². The van der Waals surface area contributed by atoms with Crippen LogP contribution in [0.3, 0.4) is 0 Å². The minimum Gasteiger partial charge on any atom is -0.201 e. The molecule has 0 aromatic rings. The lowest BCUT2D eigenvalue weighted by atomic mass is 10.1. The highest BCUT2D eigenvalue weighted by Crippen LogP contribution is 2.07. The smallest absolute Gasteiger partial charge is 0.201 e. The van der Waals surface area contributed by atoms with E-state index < -0.39 is 10.2 Å². The van der Waals surface area contributed by atoms with Crippen molar-refractivity contribution in [1.82, 2.24) is 9.86 Å². The van der Waals surface area contributed by atoms with Gasteiger partial charge in [0.25, 0.3) is 10.2 Å². The van der Waals surface area contributed by atoms with Crippen LogP contribution in [0.2, 0.25) is 0 Å². The molecule has 5 heteroatoms. The third-order valence-corrected chi connectivity index (χ3v) is 2.91. The highest BCUT2D eigenvalue weighted by Gasteiger charge is 1.99. The number of unbranched alkanes of at least 4 members (excludes halogenated alkanes) is 7. The summed E-state index contributed by atoms with van der Waals surface area (Å²) in [6, 6.07) is 0. The molecule has 0 bridgehead atoms. The fraction of sp³-hybridized carbons (Fsp3) is 1.00. The molecule has 0 aliphatic heterocycles. The van der Waals surface area contributed by atoms with Crippen molar-refractivity contribution >= 4 is 10.2 Å². The topological polar surface area (TPSA) is 70.0 Å². The molecule has 0 amide bonds. The molecule has 0 saturated carbocycles. The van der Waals surface area contributed by atoms with E-state index in [1.54, 1.807) is 0 Å². The van der Waals surface area contributed by atoms with Gasteiger partial charge in [-0.05, 0) is 6.42 Å². The maximum absolute atomic E-state index is 10.4. The Balaban J connectivity index is 3.06. The lowest BCUT2D eigenvalue weighted by Gasteiger charge is -2.02. The van der Waals surface area contributed by atoms with Gasteiger partial charge in [0.2, 0.25) is 0 Å².